The minimum atomic E-state index is -1.29. The van der Waals surface area contributed by atoms with Crippen LogP contribution in [0.15, 0.2) is 11.0 Å². The van der Waals surface area contributed by atoms with Crippen LogP contribution in [0.4, 0.5) is 0 Å². The maximum atomic E-state index is 12.9. The highest BCUT2D eigenvalue weighted by Gasteiger charge is 2.41. The lowest BCUT2D eigenvalue weighted by molar-refractivity contribution is 0.0500. The summed E-state index contributed by atoms with van der Waals surface area (Å²) in [6.45, 7) is 2.28. The number of likely N-dealkylation sites (N-methyl/N-ethyl adjacent to an activating group) is 1. The quantitative estimate of drug-likeness (QED) is 0.825. The van der Waals surface area contributed by atoms with Crippen molar-refractivity contribution in [3.63, 3.8) is 0 Å². The van der Waals surface area contributed by atoms with E-state index in [0.29, 0.717) is 0 Å². The number of aromatic nitrogens is 1. The molecule has 1 aliphatic heterocycles. The van der Waals surface area contributed by atoms with Crippen LogP contribution >= 0.6 is 0 Å². The third kappa shape index (κ3) is 2.92. The first-order chi connectivity index (χ1) is 12.0. The molecule has 1 aliphatic carbocycles. The van der Waals surface area contributed by atoms with E-state index in [2.05, 4.69) is 0 Å². The molecule has 2 atom stereocenters. The molecule has 0 saturated heterocycles. The first-order valence-corrected chi connectivity index (χ1v) is 8.89. The van der Waals surface area contributed by atoms with E-state index in [1.807, 2.05) is 6.92 Å². The molecule has 0 spiro atoms. The van der Waals surface area contributed by atoms with E-state index in [9.17, 15) is 19.5 Å². The van der Waals surface area contributed by atoms with Crippen molar-refractivity contribution in [1.82, 2.24) is 9.47 Å². The topological polar surface area (TPSA) is 88.8 Å². The van der Waals surface area contributed by atoms with Gasteiger partial charge in [0.15, 0.2) is 11.4 Å². The number of hydrogen-bond acceptors (Lipinski definition) is 4. The van der Waals surface area contributed by atoms with E-state index in [-0.39, 0.29) is 41.6 Å². The lowest BCUT2D eigenvalue weighted by Gasteiger charge is -2.44. The SMILES string of the molecule is CCCCOc1c2n(cc(C(=O)O)c1=O)[C@@H]1CCCC[C@H]1N(C)C2=O. The number of hydrogen-bond donors (Lipinski definition) is 1. The molecule has 0 radical (unpaired) electrons. The number of carbonyl (C=O) groups is 2. The maximum absolute atomic E-state index is 12.9. The Hall–Kier alpha value is -2.31. The number of carboxylic acids is 1. The molecule has 1 aromatic rings. The summed E-state index contributed by atoms with van der Waals surface area (Å²) in [6.07, 6.45) is 6.73. The van der Waals surface area contributed by atoms with E-state index >= 15 is 0 Å². The van der Waals surface area contributed by atoms with Crippen LogP contribution in [-0.4, -0.2) is 46.1 Å². The predicted octanol–water partition coefficient (Wildman–Crippen LogP) is 2.29. The van der Waals surface area contributed by atoms with Gasteiger partial charge in [0.05, 0.1) is 18.7 Å². The Morgan fingerprint density at radius 3 is 2.60 bits per heavy atom. The van der Waals surface area contributed by atoms with E-state index in [4.69, 9.17) is 4.74 Å². The third-order valence-electron chi connectivity index (χ3n) is 5.24. The zero-order valence-corrected chi connectivity index (χ0v) is 14.7. The summed E-state index contributed by atoms with van der Waals surface area (Å²) in [6, 6.07) is 0.0139. The minimum absolute atomic E-state index is 0.0151. The number of unbranched alkanes of at least 4 members (excludes halogenated alkanes) is 1. The van der Waals surface area contributed by atoms with Gasteiger partial charge in [-0.25, -0.2) is 4.79 Å². The van der Waals surface area contributed by atoms with Gasteiger partial charge >= 0.3 is 5.97 Å². The summed E-state index contributed by atoms with van der Waals surface area (Å²) in [7, 11) is 1.75. The molecule has 1 N–H and O–H groups in total. The number of carboxylic acid groups (broad SMARTS) is 1. The Morgan fingerprint density at radius 1 is 1.28 bits per heavy atom. The fraction of sp³-hybridized carbons (Fsp3) is 0.611. The Labute approximate surface area is 146 Å². The Balaban J connectivity index is 2.18. The van der Waals surface area contributed by atoms with Crippen molar-refractivity contribution in [2.24, 2.45) is 0 Å². The van der Waals surface area contributed by atoms with Crippen LogP contribution < -0.4 is 10.2 Å². The molecule has 25 heavy (non-hydrogen) atoms. The minimum Gasteiger partial charge on any atom is -0.487 e. The molecule has 0 aromatic carbocycles. The molecule has 1 aromatic heterocycles. The van der Waals surface area contributed by atoms with Gasteiger partial charge in [0.2, 0.25) is 5.43 Å². The molecular weight excluding hydrogens is 324 g/mol. The lowest BCUT2D eigenvalue weighted by Crippen LogP contribution is -2.51. The second kappa shape index (κ2) is 6.90. The fourth-order valence-electron chi connectivity index (χ4n) is 3.87. The Bertz CT molecular complexity index is 755. The number of nitrogens with zero attached hydrogens (tertiary/aromatic N) is 2. The van der Waals surface area contributed by atoms with Gasteiger partial charge in [0, 0.05) is 13.2 Å². The molecule has 2 heterocycles. The van der Waals surface area contributed by atoms with Crippen molar-refractivity contribution in [2.45, 2.75) is 57.5 Å². The summed E-state index contributed by atoms with van der Waals surface area (Å²) >= 11 is 0. The molecule has 1 saturated carbocycles. The van der Waals surface area contributed by atoms with E-state index < -0.39 is 11.4 Å². The molecule has 3 rings (SSSR count). The number of aromatic carboxylic acids is 1. The molecule has 7 heteroatoms. The molecular formula is C18H24N2O5. The van der Waals surface area contributed by atoms with Gasteiger partial charge in [-0.2, -0.15) is 0 Å². The van der Waals surface area contributed by atoms with E-state index in [1.165, 1.54) is 6.20 Å². The van der Waals surface area contributed by atoms with Crippen molar-refractivity contribution in [1.29, 1.82) is 0 Å². The van der Waals surface area contributed by atoms with E-state index in [0.717, 1.165) is 38.5 Å². The zero-order chi connectivity index (χ0) is 18.1. The summed E-state index contributed by atoms with van der Waals surface area (Å²) in [5.41, 5.74) is -0.862. The van der Waals surface area contributed by atoms with Gasteiger partial charge in [-0.1, -0.05) is 26.2 Å². The number of ether oxygens (including phenoxy) is 1. The second-order valence-electron chi connectivity index (χ2n) is 6.80. The molecule has 0 bridgehead atoms. The molecule has 136 valence electrons. The smallest absolute Gasteiger partial charge is 0.341 e. The van der Waals surface area contributed by atoms with Gasteiger partial charge in [-0.05, 0) is 19.3 Å². The number of rotatable bonds is 5. The lowest BCUT2D eigenvalue weighted by atomic mass is 9.86. The number of amides is 1. The maximum Gasteiger partial charge on any atom is 0.341 e. The first kappa shape index (κ1) is 17.5. The summed E-state index contributed by atoms with van der Waals surface area (Å²) < 4.78 is 7.31. The molecule has 1 fully saturated rings. The molecule has 2 aliphatic rings. The summed E-state index contributed by atoms with van der Waals surface area (Å²) in [5, 5.41) is 9.41. The van der Waals surface area contributed by atoms with Crippen LogP contribution in [0.3, 0.4) is 0 Å². The second-order valence-corrected chi connectivity index (χ2v) is 6.80. The first-order valence-electron chi connectivity index (χ1n) is 8.89. The Kier molecular flexibility index (Phi) is 4.83. The van der Waals surface area contributed by atoms with Crippen LogP contribution in [0.5, 0.6) is 5.75 Å². The molecule has 7 nitrogen and oxygen atoms in total. The van der Waals surface area contributed by atoms with Crippen molar-refractivity contribution in [3.05, 3.63) is 27.7 Å². The number of fused-ring (bicyclic) bond motifs is 3. The van der Waals surface area contributed by atoms with E-state index in [1.54, 1.807) is 16.5 Å². The van der Waals surface area contributed by atoms with Crippen LogP contribution in [0.2, 0.25) is 0 Å². The van der Waals surface area contributed by atoms with Gasteiger partial charge in [-0.3, -0.25) is 9.59 Å². The summed E-state index contributed by atoms with van der Waals surface area (Å²) in [5.74, 6) is -1.68. The fourth-order valence-corrected chi connectivity index (χ4v) is 3.87. The average Bonchev–Trinajstić information content (AvgIpc) is 2.60. The van der Waals surface area contributed by atoms with Gasteiger partial charge in [-0.15, -0.1) is 0 Å². The standard InChI is InChI=1S/C18H24N2O5/c1-3-4-9-25-16-14-17(22)19(2)12-7-5-6-8-13(12)20(14)10-11(15(16)21)18(23)24/h10,12-13H,3-9H2,1-2H3,(H,23,24)/t12-,13-/m1/s1. The highest BCUT2D eigenvalue weighted by atomic mass is 16.5. The predicted molar refractivity (Wildman–Crippen MR) is 91.5 cm³/mol. The van der Waals surface area contributed by atoms with Gasteiger partial charge in [0.1, 0.15) is 5.56 Å². The normalized spacial score (nSPS) is 22.3. The Morgan fingerprint density at radius 2 is 1.96 bits per heavy atom. The van der Waals surface area contributed by atoms with Gasteiger partial charge in [0.25, 0.3) is 5.91 Å². The average molecular weight is 348 g/mol. The van der Waals surface area contributed by atoms with Crippen molar-refractivity contribution in [2.75, 3.05) is 13.7 Å². The number of pyridine rings is 1. The number of carbonyl (C=O) groups excluding carboxylic acids is 1. The largest absolute Gasteiger partial charge is 0.487 e. The van der Waals surface area contributed by atoms with Crippen molar-refractivity contribution >= 4 is 11.9 Å². The van der Waals surface area contributed by atoms with Crippen LogP contribution in [0, 0.1) is 0 Å². The van der Waals surface area contributed by atoms with Crippen molar-refractivity contribution in [3.8, 4) is 5.75 Å². The van der Waals surface area contributed by atoms with Crippen LogP contribution in [-0.2, 0) is 0 Å². The monoisotopic (exact) mass is 348 g/mol. The molecule has 0 unspecified atom stereocenters. The van der Waals surface area contributed by atoms with Gasteiger partial charge < -0.3 is 19.3 Å². The highest BCUT2D eigenvalue weighted by molar-refractivity contribution is 5.98. The third-order valence-corrected chi connectivity index (χ3v) is 5.24. The summed E-state index contributed by atoms with van der Waals surface area (Å²) in [4.78, 5) is 38.7. The van der Waals surface area contributed by atoms with Crippen molar-refractivity contribution < 1.29 is 19.4 Å². The highest BCUT2D eigenvalue weighted by Crippen LogP contribution is 2.38. The zero-order valence-electron chi connectivity index (χ0n) is 14.7. The van der Waals surface area contributed by atoms with Crippen LogP contribution in [0.25, 0.3) is 0 Å². The molecule has 1 amide bonds. The van der Waals surface area contributed by atoms with Crippen LogP contribution in [0.1, 0.15) is 72.3 Å².